The van der Waals surface area contributed by atoms with Crippen molar-refractivity contribution in [2.45, 2.75) is 26.0 Å². The highest BCUT2D eigenvalue weighted by atomic mass is 16.5. The van der Waals surface area contributed by atoms with Crippen molar-refractivity contribution in [1.82, 2.24) is 5.32 Å². The Hall–Kier alpha value is -2.06. The number of hydrogen-bond donors (Lipinski definition) is 2. The summed E-state index contributed by atoms with van der Waals surface area (Å²) >= 11 is 0. The number of carbonyl (C=O) groups is 1. The van der Waals surface area contributed by atoms with Gasteiger partial charge >= 0.3 is 0 Å². The zero-order chi connectivity index (χ0) is 13.5. The Balaban J connectivity index is 2.67. The molecule has 0 radical (unpaired) electrons. The Morgan fingerprint density at radius 2 is 2.17 bits per heavy atom. The molecule has 0 bridgehead atoms. The molecule has 0 heterocycles. The third-order valence-corrected chi connectivity index (χ3v) is 2.34. The van der Waals surface area contributed by atoms with E-state index in [1.54, 1.807) is 38.1 Å². The molecular formula is C13H16N2O3. The molecule has 0 aromatic heterocycles. The van der Waals surface area contributed by atoms with E-state index in [1.807, 2.05) is 6.07 Å². The molecule has 18 heavy (non-hydrogen) atoms. The number of hydrogen-bond acceptors (Lipinski definition) is 4. The molecule has 0 aliphatic heterocycles. The molecule has 2 N–H and O–H groups in total. The van der Waals surface area contributed by atoms with Crippen molar-refractivity contribution in [3.05, 3.63) is 29.8 Å². The second-order valence-corrected chi connectivity index (χ2v) is 3.96. The minimum absolute atomic E-state index is 0.132. The lowest BCUT2D eigenvalue weighted by Gasteiger charge is -2.17. The number of aliphatic hydroxyl groups excluding tert-OH is 1. The molecule has 1 amide bonds. The number of benzene rings is 1. The molecule has 0 spiro atoms. The summed E-state index contributed by atoms with van der Waals surface area (Å²) in [6.45, 7) is 3.15. The van der Waals surface area contributed by atoms with Gasteiger partial charge in [-0.1, -0.05) is 12.1 Å². The highest BCUT2D eigenvalue weighted by Gasteiger charge is 2.17. The average molecular weight is 248 g/mol. The van der Waals surface area contributed by atoms with Crippen molar-refractivity contribution in [3.8, 4) is 11.8 Å². The molecule has 1 rings (SSSR count). The van der Waals surface area contributed by atoms with Gasteiger partial charge in [0.2, 0.25) is 0 Å². The quantitative estimate of drug-likeness (QED) is 0.808. The van der Waals surface area contributed by atoms with Crippen LogP contribution in [0, 0.1) is 11.3 Å². The van der Waals surface area contributed by atoms with Crippen LogP contribution in [0.1, 0.15) is 19.4 Å². The van der Waals surface area contributed by atoms with Crippen LogP contribution in [0.5, 0.6) is 5.75 Å². The molecule has 5 heteroatoms. The molecular weight excluding hydrogens is 232 g/mol. The number of carbonyl (C=O) groups excluding carboxylic acids is 1. The van der Waals surface area contributed by atoms with Crippen molar-refractivity contribution >= 4 is 5.91 Å². The highest BCUT2D eigenvalue weighted by molar-refractivity contribution is 5.81. The van der Waals surface area contributed by atoms with E-state index in [-0.39, 0.29) is 18.6 Å². The van der Waals surface area contributed by atoms with Crippen LogP contribution in [0.4, 0.5) is 0 Å². The Morgan fingerprint density at radius 3 is 2.78 bits per heavy atom. The van der Waals surface area contributed by atoms with Gasteiger partial charge in [0.25, 0.3) is 5.91 Å². The first-order valence-electron chi connectivity index (χ1n) is 5.65. The van der Waals surface area contributed by atoms with Crippen LogP contribution in [-0.2, 0) is 4.79 Å². The smallest absolute Gasteiger partial charge is 0.261 e. The summed E-state index contributed by atoms with van der Waals surface area (Å²) in [7, 11) is 0. The predicted molar refractivity (Wildman–Crippen MR) is 65.9 cm³/mol. The van der Waals surface area contributed by atoms with E-state index in [0.29, 0.717) is 11.3 Å². The summed E-state index contributed by atoms with van der Waals surface area (Å²) in [5.41, 5.74) is 0.382. The lowest BCUT2D eigenvalue weighted by atomic mass is 10.2. The first-order chi connectivity index (χ1) is 8.58. The minimum atomic E-state index is -0.728. The fourth-order valence-electron chi connectivity index (χ4n) is 1.31. The summed E-state index contributed by atoms with van der Waals surface area (Å²) in [6.07, 6.45) is -0.728. The summed E-state index contributed by atoms with van der Waals surface area (Å²) in [5, 5.41) is 20.3. The zero-order valence-electron chi connectivity index (χ0n) is 10.4. The van der Waals surface area contributed by atoms with Crippen LogP contribution in [0.25, 0.3) is 0 Å². The molecule has 96 valence electrons. The zero-order valence-corrected chi connectivity index (χ0v) is 10.4. The minimum Gasteiger partial charge on any atom is -0.480 e. The summed E-state index contributed by atoms with van der Waals surface area (Å²) in [6, 6.07) is 8.39. The fraction of sp³-hybridized carbons (Fsp3) is 0.385. The van der Waals surface area contributed by atoms with Gasteiger partial charge in [0.15, 0.2) is 6.10 Å². The Labute approximate surface area is 106 Å². The second kappa shape index (κ2) is 6.62. The van der Waals surface area contributed by atoms with E-state index in [2.05, 4.69) is 5.32 Å². The van der Waals surface area contributed by atoms with Crippen molar-refractivity contribution in [2.24, 2.45) is 0 Å². The van der Waals surface area contributed by atoms with E-state index < -0.39 is 6.10 Å². The summed E-state index contributed by atoms with van der Waals surface area (Å²) in [5.74, 6) is 0.0450. The average Bonchev–Trinajstić information content (AvgIpc) is 2.39. The first-order valence-corrected chi connectivity index (χ1v) is 5.65. The lowest BCUT2D eigenvalue weighted by molar-refractivity contribution is -0.128. The molecule has 0 aliphatic carbocycles. The van der Waals surface area contributed by atoms with Crippen LogP contribution in [0.15, 0.2) is 24.3 Å². The fourth-order valence-corrected chi connectivity index (χ4v) is 1.31. The molecule has 0 fully saturated rings. The Bertz CT molecular complexity index is 454. The largest absolute Gasteiger partial charge is 0.480 e. The summed E-state index contributed by atoms with van der Waals surface area (Å²) in [4.78, 5) is 11.7. The molecule has 1 aromatic rings. The van der Waals surface area contributed by atoms with Gasteiger partial charge in [-0.05, 0) is 26.0 Å². The molecule has 5 nitrogen and oxygen atoms in total. The Kier molecular flexibility index (Phi) is 5.15. The molecule has 1 unspecified atom stereocenters. The van der Waals surface area contributed by atoms with Crippen molar-refractivity contribution in [1.29, 1.82) is 5.26 Å². The van der Waals surface area contributed by atoms with Crippen molar-refractivity contribution < 1.29 is 14.6 Å². The molecule has 1 aromatic carbocycles. The lowest BCUT2D eigenvalue weighted by Crippen LogP contribution is -2.42. The predicted octanol–water partition coefficient (Wildman–Crippen LogP) is 0.823. The van der Waals surface area contributed by atoms with Gasteiger partial charge in [-0.3, -0.25) is 4.79 Å². The standard InChI is InChI=1S/C13H16N2O3/c1-9(8-16)15-13(17)10(2)18-12-6-4-3-5-11(12)7-14/h3-6,9-10,16H,8H2,1-2H3,(H,15,17)/t9-,10?/m1/s1. The van der Waals surface area contributed by atoms with Gasteiger partial charge in [-0.15, -0.1) is 0 Å². The monoisotopic (exact) mass is 248 g/mol. The van der Waals surface area contributed by atoms with Gasteiger partial charge < -0.3 is 15.2 Å². The number of nitriles is 1. The van der Waals surface area contributed by atoms with Crippen LogP contribution in [-0.4, -0.2) is 29.8 Å². The van der Waals surface area contributed by atoms with E-state index in [1.165, 1.54) is 0 Å². The SMILES string of the molecule is CC(Oc1ccccc1C#N)C(=O)N[C@H](C)CO. The van der Waals surface area contributed by atoms with Crippen LogP contribution in [0.2, 0.25) is 0 Å². The number of nitrogens with zero attached hydrogens (tertiary/aromatic N) is 1. The molecule has 0 aliphatic rings. The number of amides is 1. The topological polar surface area (TPSA) is 82.3 Å². The molecule has 0 saturated heterocycles. The van der Waals surface area contributed by atoms with Crippen LogP contribution in [0.3, 0.4) is 0 Å². The van der Waals surface area contributed by atoms with Gasteiger partial charge in [0.05, 0.1) is 12.2 Å². The van der Waals surface area contributed by atoms with Crippen LogP contribution < -0.4 is 10.1 Å². The maximum atomic E-state index is 11.7. The first kappa shape index (κ1) is 14.0. The highest BCUT2D eigenvalue weighted by Crippen LogP contribution is 2.18. The van der Waals surface area contributed by atoms with Gasteiger partial charge in [0, 0.05) is 6.04 Å². The number of ether oxygens (including phenoxy) is 1. The van der Waals surface area contributed by atoms with Gasteiger partial charge in [-0.25, -0.2) is 0 Å². The number of para-hydroxylation sites is 1. The second-order valence-electron chi connectivity index (χ2n) is 3.96. The third-order valence-electron chi connectivity index (χ3n) is 2.34. The Morgan fingerprint density at radius 1 is 1.50 bits per heavy atom. The molecule has 2 atom stereocenters. The maximum absolute atomic E-state index is 11.7. The van der Waals surface area contributed by atoms with Gasteiger partial charge in [-0.2, -0.15) is 5.26 Å². The van der Waals surface area contributed by atoms with E-state index in [4.69, 9.17) is 15.1 Å². The van der Waals surface area contributed by atoms with E-state index in [0.717, 1.165) is 0 Å². The maximum Gasteiger partial charge on any atom is 0.261 e. The van der Waals surface area contributed by atoms with E-state index in [9.17, 15) is 4.79 Å². The normalized spacial score (nSPS) is 13.2. The number of nitrogens with one attached hydrogen (secondary N) is 1. The number of rotatable bonds is 5. The number of aliphatic hydroxyl groups is 1. The summed E-state index contributed by atoms with van der Waals surface area (Å²) < 4.78 is 5.43. The third kappa shape index (κ3) is 3.75. The van der Waals surface area contributed by atoms with Gasteiger partial charge in [0.1, 0.15) is 11.8 Å². The van der Waals surface area contributed by atoms with E-state index >= 15 is 0 Å². The van der Waals surface area contributed by atoms with Crippen molar-refractivity contribution in [3.63, 3.8) is 0 Å². The molecule has 0 saturated carbocycles. The van der Waals surface area contributed by atoms with Crippen LogP contribution >= 0.6 is 0 Å². The van der Waals surface area contributed by atoms with Crippen molar-refractivity contribution in [2.75, 3.05) is 6.61 Å².